The lowest BCUT2D eigenvalue weighted by molar-refractivity contribution is -0.137. The number of nitrogens with zero attached hydrogens (tertiary/aromatic N) is 4. The number of hydrogen-bond donors (Lipinski definition) is 1. The van der Waals surface area contributed by atoms with Crippen LogP contribution in [0.2, 0.25) is 0 Å². The molecule has 3 aromatic rings. The van der Waals surface area contributed by atoms with Gasteiger partial charge in [-0.05, 0) is 24.6 Å². The van der Waals surface area contributed by atoms with Crippen LogP contribution in [0.4, 0.5) is 5.69 Å². The van der Waals surface area contributed by atoms with Crippen molar-refractivity contribution in [2.24, 2.45) is 0 Å². The van der Waals surface area contributed by atoms with Crippen LogP contribution in [0.25, 0.3) is 16.8 Å². The number of aromatic nitrogens is 3. The third-order valence-corrected chi connectivity index (χ3v) is 5.76. The molecule has 0 aliphatic carbocycles. The quantitative estimate of drug-likeness (QED) is 0.691. The molecule has 9 nitrogen and oxygen atoms in total. The molecule has 5 rings (SSSR count). The molecule has 2 aliphatic rings. The van der Waals surface area contributed by atoms with E-state index >= 15 is 0 Å². The Morgan fingerprint density at radius 3 is 3.06 bits per heavy atom. The predicted molar refractivity (Wildman–Crippen MR) is 114 cm³/mol. The number of rotatable bonds is 3. The first-order valence-electron chi connectivity index (χ1n) is 10.5. The van der Waals surface area contributed by atoms with Gasteiger partial charge >= 0.3 is 0 Å². The number of hydrogen-bond acceptors (Lipinski definition) is 7. The van der Waals surface area contributed by atoms with Gasteiger partial charge in [0.25, 0.3) is 5.91 Å². The summed E-state index contributed by atoms with van der Waals surface area (Å²) in [5.41, 5.74) is 3.42. The van der Waals surface area contributed by atoms with E-state index in [1.165, 1.54) is 0 Å². The second-order valence-electron chi connectivity index (χ2n) is 7.65. The molecule has 1 amide bonds. The van der Waals surface area contributed by atoms with Crippen molar-refractivity contribution in [1.82, 2.24) is 19.5 Å². The summed E-state index contributed by atoms with van der Waals surface area (Å²) in [6.45, 7) is 3.92. The van der Waals surface area contributed by atoms with Crippen LogP contribution in [0.5, 0.6) is 11.6 Å². The van der Waals surface area contributed by atoms with Crippen molar-refractivity contribution in [3.63, 3.8) is 0 Å². The number of carbonyl (C=O) groups excluding carboxylic acids is 1. The summed E-state index contributed by atoms with van der Waals surface area (Å²) in [5.74, 6) is 1.24. The molecule has 1 saturated heterocycles. The molecule has 9 heteroatoms. The highest BCUT2D eigenvalue weighted by Gasteiger charge is 2.40. The van der Waals surface area contributed by atoms with Crippen LogP contribution in [0.15, 0.2) is 36.7 Å². The van der Waals surface area contributed by atoms with Crippen molar-refractivity contribution >= 4 is 17.2 Å². The first-order valence-corrected chi connectivity index (χ1v) is 10.5. The lowest BCUT2D eigenvalue weighted by atomic mass is 10.1. The normalized spacial score (nSPS) is 20.8. The van der Waals surface area contributed by atoms with Gasteiger partial charge in [-0.3, -0.25) is 4.79 Å². The fraction of sp³-hybridized carbons (Fsp3) is 0.409. The summed E-state index contributed by atoms with van der Waals surface area (Å²) in [4.78, 5) is 19.4. The third-order valence-electron chi connectivity index (χ3n) is 5.76. The molecule has 2 aliphatic heterocycles. The first kappa shape index (κ1) is 19.6. The maximum atomic E-state index is 12.9. The van der Waals surface area contributed by atoms with Crippen LogP contribution in [-0.4, -0.2) is 71.0 Å². The minimum Gasteiger partial charge on any atom is -0.497 e. The van der Waals surface area contributed by atoms with Gasteiger partial charge in [-0.25, -0.2) is 4.52 Å². The van der Waals surface area contributed by atoms with Crippen molar-refractivity contribution in [3.05, 3.63) is 36.7 Å². The topological polar surface area (TPSA) is 90.2 Å². The zero-order chi connectivity index (χ0) is 21.4. The molecule has 4 heterocycles. The molecule has 162 valence electrons. The Balaban J connectivity index is 1.55. The zero-order valence-corrected chi connectivity index (χ0v) is 17.6. The third kappa shape index (κ3) is 3.65. The first-order chi connectivity index (χ1) is 15.2. The van der Waals surface area contributed by atoms with Gasteiger partial charge in [-0.15, -0.1) is 0 Å². The number of carbonyl (C=O) groups is 1. The zero-order valence-electron chi connectivity index (χ0n) is 17.6. The van der Waals surface area contributed by atoms with Crippen molar-refractivity contribution in [3.8, 4) is 22.8 Å². The standard InChI is InChI=1S/C22H25N5O4/c1-3-30-19-11-16-13-31-20-4-6-27-21(25-20)18(12-24-27)14-8-15(10-17(9-14)29-2)23-5-7-26(16)22(19)28/h4,6,8-10,12,16,19,23H,3,5,7,11,13H2,1-2H3/t16-,19+/m0/s1. The molecule has 1 N–H and O–H groups in total. The summed E-state index contributed by atoms with van der Waals surface area (Å²) < 4.78 is 18.9. The van der Waals surface area contributed by atoms with Crippen LogP contribution in [0.3, 0.4) is 0 Å². The number of nitrogens with one attached hydrogen (secondary N) is 1. The van der Waals surface area contributed by atoms with Gasteiger partial charge in [0.05, 0.1) is 19.3 Å². The maximum absolute atomic E-state index is 12.9. The summed E-state index contributed by atoms with van der Waals surface area (Å²) in [7, 11) is 1.64. The molecule has 2 atom stereocenters. The molecule has 1 fully saturated rings. The van der Waals surface area contributed by atoms with Crippen molar-refractivity contribution in [2.45, 2.75) is 25.5 Å². The summed E-state index contributed by atoms with van der Waals surface area (Å²) in [6.07, 6.45) is 3.80. The number of benzene rings is 1. The number of methoxy groups -OCH3 is 1. The van der Waals surface area contributed by atoms with Crippen LogP contribution in [-0.2, 0) is 9.53 Å². The highest BCUT2D eigenvalue weighted by molar-refractivity contribution is 5.84. The van der Waals surface area contributed by atoms with E-state index in [2.05, 4.69) is 15.4 Å². The Morgan fingerprint density at radius 2 is 2.23 bits per heavy atom. The fourth-order valence-electron chi connectivity index (χ4n) is 4.24. The van der Waals surface area contributed by atoms with Crippen molar-refractivity contribution < 1.29 is 19.0 Å². The average molecular weight is 423 g/mol. The van der Waals surface area contributed by atoms with Crippen LogP contribution in [0.1, 0.15) is 13.3 Å². The largest absolute Gasteiger partial charge is 0.497 e. The second-order valence-corrected chi connectivity index (χ2v) is 7.65. The molecular formula is C22H25N5O4. The molecule has 31 heavy (non-hydrogen) atoms. The van der Waals surface area contributed by atoms with E-state index in [0.29, 0.717) is 44.3 Å². The summed E-state index contributed by atoms with van der Waals surface area (Å²) in [6, 6.07) is 7.64. The molecule has 4 bridgehead atoms. The minimum atomic E-state index is -0.422. The monoisotopic (exact) mass is 423 g/mol. The number of fused-ring (bicyclic) bond motifs is 5. The number of ether oxygens (including phenoxy) is 3. The van der Waals surface area contributed by atoms with Crippen LogP contribution >= 0.6 is 0 Å². The Kier molecular flexibility index (Phi) is 5.11. The van der Waals surface area contributed by atoms with E-state index in [4.69, 9.17) is 14.2 Å². The van der Waals surface area contributed by atoms with Crippen LogP contribution in [0, 0.1) is 0 Å². The van der Waals surface area contributed by atoms with Gasteiger partial charge < -0.3 is 24.4 Å². The van der Waals surface area contributed by atoms with E-state index < -0.39 is 6.10 Å². The molecule has 0 unspecified atom stereocenters. The molecule has 0 saturated carbocycles. The van der Waals surface area contributed by atoms with E-state index in [1.54, 1.807) is 23.9 Å². The minimum absolute atomic E-state index is 0.0113. The molecule has 0 spiro atoms. The van der Waals surface area contributed by atoms with Gasteiger partial charge in [0.1, 0.15) is 18.5 Å². The molecule has 2 aromatic heterocycles. The molecular weight excluding hydrogens is 398 g/mol. The van der Waals surface area contributed by atoms with Crippen molar-refractivity contribution in [2.75, 3.05) is 38.7 Å². The smallest absolute Gasteiger partial charge is 0.252 e. The van der Waals surface area contributed by atoms with E-state index in [-0.39, 0.29) is 11.9 Å². The Morgan fingerprint density at radius 1 is 1.32 bits per heavy atom. The second kappa shape index (κ2) is 8.07. The fourth-order valence-corrected chi connectivity index (χ4v) is 4.24. The lowest BCUT2D eigenvalue weighted by Crippen LogP contribution is -2.41. The van der Waals surface area contributed by atoms with Gasteiger partial charge in [-0.2, -0.15) is 10.1 Å². The predicted octanol–water partition coefficient (Wildman–Crippen LogP) is 2.22. The highest BCUT2D eigenvalue weighted by atomic mass is 16.5. The van der Waals surface area contributed by atoms with E-state index in [0.717, 1.165) is 22.6 Å². The number of amides is 1. The van der Waals surface area contributed by atoms with Crippen LogP contribution < -0.4 is 14.8 Å². The Bertz CT molecular complexity index is 1110. The molecule has 0 radical (unpaired) electrons. The molecule has 1 aromatic carbocycles. The highest BCUT2D eigenvalue weighted by Crippen LogP contribution is 2.32. The number of anilines is 1. The van der Waals surface area contributed by atoms with Gasteiger partial charge in [0, 0.05) is 55.7 Å². The summed E-state index contributed by atoms with van der Waals surface area (Å²) >= 11 is 0. The average Bonchev–Trinajstić information content (AvgIpc) is 3.33. The van der Waals surface area contributed by atoms with Gasteiger partial charge in [0.2, 0.25) is 5.88 Å². The Labute approximate surface area is 179 Å². The summed E-state index contributed by atoms with van der Waals surface area (Å²) in [5, 5.41) is 7.84. The maximum Gasteiger partial charge on any atom is 0.252 e. The van der Waals surface area contributed by atoms with Crippen molar-refractivity contribution in [1.29, 1.82) is 0 Å². The lowest BCUT2D eigenvalue weighted by Gasteiger charge is -2.25. The van der Waals surface area contributed by atoms with E-state index in [1.807, 2.05) is 36.2 Å². The van der Waals surface area contributed by atoms with E-state index in [9.17, 15) is 4.79 Å². The Hall–Kier alpha value is -3.33. The SMILES string of the molecule is CCO[C@@H]1C[C@H]2COc3ccn4ncc(c4n3)-c3cc(cc(OC)c3)NCCN2C1=O. The van der Waals surface area contributed by atoms with Gasteiger partial charge in [-0.1, -0.05) is 0 Å². The van der Waals surface area contributed by atoms with Gasteiger partial charge in [0.15, 0.2) is 5.65 Å².